The molecule has 0 spiro atoms. The van der Waals surface area contributed by atoms with Crippen LogP contribution in [-0.2, 0) is 16.0 Å². The van der Waals surface area contributed by atoms with Crippen molar-refractivity contribution in [1.29, 1.82) is 0 Å². The van der Waals surface area contributed by atoms with Gasteiger partial charge in [-0.25, -0.2) is 4.79 Å². The lowest BCUT2D eigenvalue weighted by Crippen LogP contribution is -2.47. The third-order valence-corrected chi connectivity index (χ3v) is 1.91. The number of amides is 1. The van der Waals surface area contributed by atoms with Crippen LogP contribution >= 0.6 is 0 Å². The van der Waals surface area contributed by atoms with E-state index in [2.05, 4.69) is 20.6 Å². The number of aliphatic carboxylic acids is 1. The van der Waals surface area contributed by atoms with E-state index in [1.165, 1.54) is 5.32 Å². The number of carboxylic acids is 1. The minimum absolute atomic E-state index is 0.0361. The lowest BCUT2D eigenvalue weighted by Gasteiger charge is -2.14. The van der Waals surface area contributed by atoms with E-state index >= 15 is 0 Å². The zero-order valence-corrected chi connectivity index (χ0v) is 8.73. The number of carbonyl (C=O) groups is 2. The van der Waals surface area contributed by atoms with Crippen molar-refractivity contribution in [2.75, 3.05) is 0 Å². The van der Waals surface area contributed by atoms with Gasteiger partial charge in [0.15, 0.2) is 5.82 Å². The van der Waals surface area contributed by atoms with E-state index < -0.39 is 24.1 Å². The number of hydrogen-bond donors (Lipinski definition) is 3. The molecule has 1 amide bonds. The molecular formula is C7H8F3N5O3. The Hall–Kier alpha value is -2.20. The SMILES string of the molecule is O=C(O)C(CCc1nn[nH]n1)NC(=O)C(F)(F)F. The van der Waals surface area contributed by atoms with Crippen LogP contribution in [0.2, 0.25) is 0 Å². The summed E-state index contributed by atoms with van der Waals surface area (Å²) in [6.45, 7) is 0. The molecule has 0 aliphatic heterocycles. The second-order valence-electron chi connectivity index (χ2n) is 3.23. The number of aryl methyl sites for hydroxylation is 1. The fourth-order valence-corrected chi connectivity index (χ4v) is 1.06. The Bertz CT molecular complexity index is 418. The summed E-state index contributed by atoms with van der Waals surface area (Å²) < 4.78 is 35.8. The average molecular weight is 267 g/mol. The molecule has 0 aliphatic carbocycles. The summed E-state index contributed by atoms with van der Waals surface area (Å²) in [4.78, 5) is 21.3. The lowest BCUT2D eigenvalue weighted by molar-refractivity contribution is -0.175. The van der Waals surface area contributed by atoms with Crippen LogP contribution < -0.4 is 5.32 Å². The highest BCUT2D eigenvalue weighted by molar-refractivity contribution is 5.86. The van der Waals surface area contributed by atoms with Crippen LogP contribution in [0.4, 0.5) is 13.2 Å². The van der Waals surface area contributed by atoms with Gasteiger partial charge in [0, 0.05) is 6.42 Å². The number of nitrogens with one attached hydrogen (secondary N) is 2. The first-order valence-electron chi connectivity index (χ1n) is 4.63. The van der Waals surface area contributed by atoms with Gasteiger partial charge in [-0.15, -0.1) is 10.2 Å². The molecular weight excluding hydrogens is 259 g/mol. The van der Waals surface area contributed by atoms with Crippen LogP contribution in [0.1, 0.15) is 12.2 Å². The predicted molar refractivity (Wildman–Crippen MR) is 48.1 cm³/mol. The van der Waals surface area contributed by atoms with Crippen molar-refractivity contribution in [3.05, 3.63) is 5.82 Å². The van der Waals surface area contributed by atoms with Crippen molar-refractivity contribution >= 4 is 11.9 Å². The molecule has 11 heteroatoms. The molecule has 0 aliphatic rings. The van der Waals surface area contributed by atoms with Crippen molar-refractivity contribution in [3.63, 3.8) is 0 Å². The van der Waals surface area contributed by atoms with Crippen molar-refractivity contribution in [1.82, 2.24) is 25.9 Å². The number of carboxylic acid groups (broad SMARTS) is 1. The van der Waals surface area contributed by atoms with Gasteiger partial charge in [-0.1, -0.05) is 5.21 Å². The van der Waals surface area contributed by atoms with Gasteiger partial charge in [-0.05, 0) is 6.42 Å². The molecule has 1 aromatic heterocycles. The Morgan fingerprint density at radius 2 is 2.11 bits per heavy atom. The van der Waals surface area contributed by atoms with Crippen LogP contribution in [0.15, 0.2) is 0 Å². The molecule has 0 fully saturated rings. The number of H-pyrrole nitrogens is 1. The van der Waals surface area contributed by atoms with Crippen molar-refractivity contribution in [3.8, 4) is 0 Å². The van der Waals surface area contributed by atoms with Crippen LogP contribution in [-0.4, -0.2) is 49.8 Å². The quantitative estimate of drug-likeness (QED) is 0.646. The summed E-state index contributed by atoms with van der Waals surface area (Å²) in [5.41, 5.74) is 0. The normalized spacial score (nSPS) is 13.1. The van der Waals surface area contributed by atoms with Crippen molar-refractivity contribution in [2.24, 2.45) is 0 Å². The summed E-state index contributed by atoms with van der Waals surface area (Å²) >= 11 is 0. The topological polar surface area (TPSA) is 121 Å². The first kappa shape index (κ1) is 13.9. The molecule has 1 atom stereocenters. The Morgan fingerprint density at radius 3 is 2.56 bits per heavy atom. The molecule has 0 bridgehead atoms. The van der Waals surface area contributed by atoms with E-state index in [4.69, 9.17) is 5.11 Å². The number of halogens is 3. The van der Waals surface area contributed by atoms with E-state index in [1.807, 2.05) is 0 Å². The Morgan fingerprint density at radius 1 is 1.44 bits per heavy atom. The van der Waals surface area contributed by atoms with E-state index in [1.54, 1.807) is 0 Å². The van der Waals surface area contributed by atoms with Crippen LogP contribution in [0, 0.1) is 0 Å². The first-order valence-corrected chi connectivity index (χ1v) is 4.63. The molecule has 100 valence electrons. The fraction of sp³-hybridized carbons (Fsp3) is 0.571. The van der Waals surface area contributed by atoms with Crippen molar-refractivity contribution in [2.45, 2.75) is 25.1 Å². The maximum Gasteiger partial charge on any atom is 0.471 e. The highest BCUT2D eigenvalue weighted by Gasteiger charge is 2.40. The molecule has 3 N–H and O–H groups in total. The summed E-state index contributed by atoms with van der Waals surface area (Å²) in [7, 11) is 0. The second kappa shape index (κ2) is 5.42. The molecule has 0 saturated heterocycles. The summed E-state index contributed by atoms with van der Waals surface area (Å²) in [5.74, 6) is -3.73. The molecule has 1 heterocycles. The van der Waals surface area contributed by atoms with Gasteiger partial charge in [-0.2, -0.15) is 18.4 Å². The van der Waals surface area contributed by atoms with E-state index in [-0.39, 0.29) is 18.7 Å². The maximum atomic E-state index is 11.9. The number of alkyl halides is 3. The van der Waals surface area contributed by atoms with Gasteiger partial charge in [-0.3, -0.25) is 4.79 Å². The number of carbonyl (C=O) groups excluding carboxylic acids is 1. The van der Waals surface area contributed by atoms with Gasteiger partial charge < -0.3 is 10.4 Å². The Labute approximate surface area is 97.6 Å². The van der Waals surface area contributed by atoms with Gasteiger partial charge in [0.2, 0.25) is 0 Å². The van der Waals surface area contributed by atoms with Crippen LogP contribution in [0.3, 0.4) is 0 Å². The average Bonchev–Trinajstić information content (AvgIpc) is 2.74. The van der Waals surface area contributed by atoms with Crippen LogP contribution in [0.5, 0.6) is 0 Å². The van der Waals surface area contributed by atoms with E-state index in [9.17, 15) is 22.8 Å². The fourth-order valence-electron chi connectivity index (χ4n) is 1.06. The Kier molecular flexibility index (Phi) is 4.18. The number of aromatic nitrogens is 4. The maximum absolute atomic E-state index is 11.9. The van der Waals surface area contributed by atoms with Gasteiger partial charge in [0.05, 0.1) is 0 Å². The molecule has 1 aromatic rings. The minimum atomic E-state index is -5.13. The number of tetrazole rings is 1. The summed E-state index contributed by atoms with van der Waals surface area (Å²) in [5, 5.41) is 22.3. The highest BCUT2D eigenvalue weighted by atomic mass is 19.4. The summed E-state index contributed by atoms with van der Waals surface area (Å²) in [6, 6.07) is -1.67. The third kappa shape index (κ3) is 3.99. The number of rotatable bonds is 5. The summed E-state index contributed by atoms with van der Waals surface area (Å²) in [6.07, 6.45) is -5.44. The monoisotopic (exact) mass is 267 g/mol. The molecule has 0 aromatic carbocycles. The molecule has 0 radical (unpaired) electrons. The zero-order chi connectivity index (χ0) is 13.8. The van der Waals surface area contributed by atoms with Crippen LogP contribution in [0.25, 0.3) is 0 Å². The second-order valence-corrected chi connectivity index (χ2v) is 3.23. The minimum Gasteiger partial charge on any atom is -0.480 e. The molecule has 8 nitrogen and oxygen atoms in total. The standard InChI is InChI=1S/C7H8F3N5O3/c8-7(9,10)6(18)11-3(5(16)17)1-2-4-12-14-15-13-4/h3H,1-2H2,(H,11,18)(H,16,17)(H,12,13,14,15). The van der Waals surface area contributed by atoms with E-state index in [0.29, 0.717) is 0 Å². The van der Waals surface area contributed by atoms with Gasteiger partial charge >= 0.3 is 18.1 Å². The van der Waals surface area contributed by atoms with Gasteiger partial charge in [0.25, 0.3) is 0 Å². The molecule has 1 rings (SSSR count). The molecule has 18 heavy (non-hydrogen) atoms. The zero-order valence-electron chi connectivity index (χ0n) is 8.73. The smallest absolute Gasteiger partial charge is 0.471 e. The van der Waals surface area contributed by atoms with Crippen molar-refractivity contribution < 1.29 is 27.9 Å². The highest BCUT2D eigenvalue weighted by Crippen LogP contribution is 2.15. The number of nitrogens with zero attached hydrogens (tertiary/aromatic N) is 3. The number of hydrogen-bond acceptors (Lipinski definition) is 5. The molecule has 1 unspecified atom stereocenters. The molecule has 0 saturated carbocycles. The Balaban J connectivity index is 2.55. The third-order valence-electron chi connectivity index (χ3n) is 1.91. The number of aromatic amines is 1. The largest absolute Gasteiger partial charge is 0.480 e. The first-order chi connectivity index (χ1) is 8.30. The lowest BCUT2D eigenvalue weighted by atomic mass is 10.1. The van der Waals surface area contributed by atoms with E-state index in [0.717, 1.165) is 0 Å². The van der Waals surface area contributed by atoms with Gasteiger partial charge in [0.1, 0.15) is 6.04 Å². The predicted octanol–water partition coefficient (Wildman–Crippen LogP) is -0.736.